The molecule has 1 unspecified atom stereocenters. The number of hydrogen-bond acceptors (Lipinski definition) is 6. The monoisotopic (exact) mass is 444 g/mol. The Balaban J connectivity index is 1.95. The van der Waals surface area contributed by atoms with Crippen molar-refractivity contribution in [1.82, 2.24) is 4.98 Å². The second-order valence-corrected chi connectivity index (χ2v) is 7.56. The minimum absolute atomic E-state index is 0.0515. The topological polar surface area (TPSA) is 89.0 Å². The average Bonchev–Trinajstić information content (AvgIpc) is 3.10. The Bertz CT molecular complexity index is 1240. The number of benzene rings is 2. The third-order valence-corrected chi connectivity index (χ3v) is 5.43. The van der Waals surface area contributed by atoms with Crippen LogP contribution in [0.4, 0.5) is 5.69 Å². The number of aromatic nitrogens is 1. The van der Waals surface area contributed by atoms with Gasteiger partial charge in [-0.3, -0.25) is 19.5 Å². The fourth-order valence-corrected chi connectivity index (χ4v) is 3.96. The lowest BCUT2D eigenvalue weighted by atomic mass is 9.97. The maximum Gasteiger partial charge on any atom is 0.300 e. The first kappa shape index (κ1) is 22.1. The summed E-state index contributed by atoms with van der Waals surface area (Å²) in [7, 11) is 1.48. The fourth-order valence-electron chi connectivity index (χ4n) is 3.96. The second-order valence-electron chi connectivity index (χ2n) is 7.56. The zero-order valence-corrected chi connectivity index (χ0v) is 18.6. The van der Waals surface area contributed by atoms with Crippen molar-refractivity contribution in [2.45, 2.75) is 19.9 Å². The first-order valence-electron chi connectivity index (χ1n) is 10.6. The number of carbonyl (C=O) groups is 2. The van der Waals surface area contributed by atoms with Gasteiger partial charge < -0.3 is 14.6 Å². The van der Waals surface area contributed by atoms with Gasteiger partial charge in [0.1, 0.15) is 23.3 Å². The summed E-state index contributed by atoms with van der Waals surface area (Å²) < 4.78 is 11.0. The number of rotatable bonds is 6. The molecule has 1 aromatic heterocycles. The summed E-state index contributed by atoms with van der Waals surface area (Å²) >= 11 is 0. The smallest absolute Gasteiger partial charge is 0.300 e. The van der Waals surface area contributed by atoms with Gasteiger partial charge in [0.2, 0.25) is 0 Å². The number of amides is 1. The number of ether oxygens (including phenoxy) is 2. The molecule has 2 heterocycles. The third-order valence-electron chi connectivity index (χ3n) is 5.43. The van der Waals surface area contributed by atoms with Crippen LogP contribution in [-0.4, -0.2) is 35.5 Å². The van der Waals surface area contributed by atoms with Crippen LogP contribution in [0.3, 0.4) is 0 Å². The quantitative estimate of drug-likeness (QED) is 0.344. The van der Waals surface area contributed by atoms with Gasteiger partial charge in [-0.15, -0.1) is 0 Å². The van der Waals surface area contributed by atoms with Crippen molar-refractivity contribution in [3.8, 4) is 11.5 Å². The van der Waals surface area contributed by atoms with Gasteiger partial charge in [-0.2, -0.15) is 0 Å². The van der Waals surface area contributed by atoms with E-state index in [1.165, 1.54) is 12.0 Å². The molecule has 7 heteroatoms. The summed E-state index contributed by atoms with van der Waals surface area (Å²) in [6, 6.07) is 16.5. The molecule has 168 valence electrons. The Labute approximate surface area is 191 Å². The van der Waals surface area contributed by atoms with E-state index >= 15 is 0 Å². The van der Waals surface area contributed by atoms with Crippen molar-refractivity contribution in [3.05, 3.63) is 89.3 Å². The molecule has 0 aliphatic carbocycles. The molecule has 1 amide bonds. The summed E-state index contributed by atoms with van der Waals surface area (Å²) in [5, 5.41) is 11.3. The molecule has 2 aromatic carbocycles. The normalized spacial score (nSPS) is 17.3. The molecular weight excluding hydrogens is 420 g/mol. The van der Waals surface area contributed by atoms with Crippen LogP contribution in [-0.2, 0) is 9.59 Å². The molecule has 0 radical (unpaired) electrons. The zero-order valence-electron chi connectivity index (χ0n) is 18.6. The van der Waals surface area contributed by atoms with Gasteiger partial charge >= 0.3 is 0 Å². The van der Waals surface area contributed by atoms with Crippen LogP contribution < -0.4 is 14.4 Å². The van der Waals surface area contributed by atoms with Crippen LogP contribution in [0.25, 0.3) is 5.76 Å². The van der Waals surface area contributed by atoms with Crippen LogP contribution in [0.2, 0.25) is 0 Å². The molecule has 3 aromatic rings. The van der Waals surface area contributed by atoms with Gasteiger partial charge in [0.25, 0.3) is 11.7 Å². The molecule has 1 aliphatic rings. The van der Waals surface area contributed by atoms with Crippen LogP contribution in [0.15, 0.2) is 72.4 Å². The number of carbonyl (C=O) groups excluding carboxylic acids is 2. The fraction of sp³-hybridized carbons (Fsp3) is 0.192. The second kappa shape index (κ2) is 9.16. The Morgan fingerprint density at radius 2 is 1.91 bits per heavy atom. The SMILES string of the molecule is CCOc1cccc(N2C(=O)C(=O)/C(=C(/O)c3cc(C)ccc3OC)C2c2ccccn2)c1. The van der Waals surface area contributed by atoms with E-state index in [2.05, 4.69) is 4.98 Å². The molecule has 0 bridgehead atoms. The van der Waals surface area contributed by atoms with Crippen molar-refractivity contribution in [1.29, 1.82) is 0 Å². The lowest BCUT2D eigenvalue weighted by molar-refractivity contribution is -0.132. The number of hydrogen-bond donors (Lipinski definition) is 1. The molecule has 1 saturated heterocycles. The van der Waals surface area contributed by atoms with E-state index < -0.39 is 17.7 Å². The van der Waals surface area contributed by atoms with Gasteiger partial charge in [0.15, 0.2) is 0 Å². The molecule has 1 N–H and O–H groups in total. The van der Waals surface area contributed by atoms with Gasteiger partial charge in [-0.1, -0.05) is 23.8 Å². The number of methoxy groups -OCH3 is 1. The summed E-state index contributed by atoms with van der Waals surface area (Å²) in [6.45, 7) is 4.19. The number of Topliss-reactive ketones (excluding diaryl/α,β-unsaturated/α-hetero) is 1. The molecule has 4 rings (SSSR count). The van der Waals surface area contributed by atoms with E-state index in [0.717, 1.165) is 5.56 Å². The Hall–Kier alpha value is -4.13. The van der Waals surface area contributed by atoms with E-state index in [1.807, 2.05) is 19.9 Å². The maximum absolute atomic E-state index is 13.3. The first-order valence-corrected chi connectivity index (χ1v) is 10.6. The maximum atomic E-state index is 13.3. The Morgan fingerprint density at radius 3 is 2.61 bits per heavy atom. The molecule has 1 fully saturated rings. The van der Waals surface area contributed by atoms with Crippen molar-refractivity contribution in [2.24, 2.45) is 0 Å². The molecule has 1 atom stereocenters. The lowest BCUT2D eigenvalue weighted by Gasteiger charge is -2.25. The summed E-state index contributed by atoms with van der Waals surface area (Å²) in [5.41, 5.74) is 2.06. The molecule has 0 saturated carbocycles. The highest BCUT2D eigenvalue weighted by molar-refractivity contribution is 6.51. The Morgan fingerprint density at radius 1 is 1.09 bits per heavy atom. The van der Waals surface area contributed by atoms with Crippen molar-refractivity contribution >= 4 is 23.1 Å². The molecule has 1 aliphatic heterocycles. The van der Waals surface area contributed by atoms with Gasteiger partial charge in [-0.25, -0.2) is 0 Å². The van der Waals surface area contributed by atoms with Crippen LogP contribution in [0.1, 0.15) is 29.8 Å². The number of nitrogens with zero attached hydrogens (tertiary/aromatic N) is 2. The zero-order chi connectivity index (χ0) is 23.5. The third kappa shape index (κ3) is 4.05. The summed E-state index contributed by atoms with van der Waals surface area (Å²) in [6.07, 6.45) is 1.58. The summed E-state index contributed by atoms with van der Waals surface area (Å²) in [5.74, 6) is -0.909. The highest BCUT2D eigenvalue weighted by Gasteiger charge is 2.48. The number of ketones is 1. The molecule has 33 heavy (non-hydrogen) atoms. The molecule has 0 spiro atoms. The minimum Gasteiger partial charge on any atom is -0.507 e. The van der Waals surface area contributed by atoms with Gasteiger partial charge in [0.05, 0.1) is 30.5 Å². The number of anilines is 1. The van der Waals surface area contributed by atoms with E-state index in [-0.39, 0.29) is 11.3 Å². The predicted molar refractivity (Wildman–Crippen MR) is 124 cm³/mol. The van der Waals surface area contributed by atoms with Crippen molar-refractivity contribution in [2.75, 3.05) is 18.6 Å². The van der Waals surface area contributed by atoms with E-state index in [1.54, 1.807) is 60.8 Å². The number of aryl methyl sites for hydroxylation is 1. The van der Waals surface area contributed by atoms with E-state index in [4.69, 9.17) is 9.47 Å². The van der Waals surface area contributed by atoms with Crippen molar-refractivity contribution < 1.29 is 24.2 Å². The van der Waals surface area contributed by atoms with Crippen LogP contribution in [0.5, 0.6) is 11.5 Å². The minimum atomic E-state index is -0.923. The highest BCUT2D eigenvalue weighted by atomic mass is 16.5. The van der Waals surface area contributed by atoms with E-state index in [0.29, 0.717) is 35.1 Å². The Kier molecular flexibility index (Phi) is 6.13. The lowest BCUT2D eigenvalue weighted by Crippen LogP contribution is -2.29. The summed E-state index contributed by atoms with van der Waals surface area (Å²) in [4.78, 5) is 32.3. The predicted octanol–water partition coefficient (Wildman–Crippen LogP) is 4.42. The van der Waals surface area contributed by atoms with Gasteiger partial charge in [-0.05, 0) is 50.2 Å². The van der Waals surface area contributed by atoms with Crippen LogP contribution in [0, 0.1) is 6.92 Å². The van der Waals surface area contributed by atoms with Gasteiger partial charge in [0, 0.05) is 18.0 Å². The number of pyridine rings is 1. The highest BCUT2D eigenvalue weighted by Crippen LogP contribution is 2.43. The standard InChI is InChI=1S/C26H24N2O5/c1-4-33-18-9-7-8-17(15-18)28-23(20-10-5-6-13-27-20)22(25(30)26(28)31)24(29)19-14-16(2)11-12-21(19)32-3/h5-15,23,29H,4H2,1-3H3/b24-22+. The molecule has 7 nitrogen and oxygen atoms in total. The first-order chi connectivity index (χ1) is 16.0. The van der Waals surface area contributed by atoms with Crippen molar-refractivity contribution in [3.63, 3.8) is 0 Å². The largest absolute Gasteiger partial charge is 0.507 e. The average molecular weight is 444 g/mol. The number of aliphatic hydroxyl groups is 1. The van der Waals surface area contributed by atoms with E-state index in [9.17, 15) is 14.7 Å². The number of aliphatic hydroxyl groups excluding tert-OH is 1. The molecular formula is C26H24N2O5. The van der Waals surface area contributed by atoms with Crippen LogP contribution >= 0.6 is 0 Å².